The lowest BCUT2D eigenvalue weighted by atomic mass is 10.1. The number of halogens is 3. The van der Waals surface area contributed by atoms with Crippen LogP contribution in [0.1, 0.15) is 22.8 Å². The Hall–Kier alpha value is -2.54. The molecule has 2 aromatic carbocycles. The Morgan fingerprint density at radius 1 is 1.17 bits per heavy atom. The molecular weight excluding hydrogens is 321 g/mol. The summed E-state index contributed by atoms with van der Waals surface area (Å²) in [5.74, 6) is 0. The van der Waals surface area contributed by atoms with Gasteiger partial charge in [0.1, 0.15) is 0 Å². The van der Waals surface area contributed by atoms with E-state index in [2.05, 4.69) is 10.6 Å². The van der Waals surface area contributed by atoms with Crippen molar-refractivity contribution < 1.29 is 23.1 Å². The number of amides is 2. The minimum absolute atomic E-state index is 0.122. The van der Waals surface area contributed by atoms with Crippen LogP contribution in [0.15, 0.2) is 48.5 Å². The van der Waals surface area contributed by atoms with E-state index in [4.69, 9.17) is 0 Å². The summed E-state index contributed by atoms with van der Waals surface area (Å²) in [4.78, 5) is 11.8. The normalized spacial score (nSPS) is 12.5. The molecule has 3 N–H and O–H groups in total. The van der Waals surface area contributed by atoms with E-state index in [1.54, 1.807) is 18.2 Å². The van der Waals surface area contributed by atoms with Crippen molar-refractivity contribution in [2.24, 2.45) is 0 Å². The number of carbonyl (C=O) groups excluding carboxylic acids is 1. The lowest BCUT2D eigenvalue weighted by Gasteiger charge is -2.14. The molecule has 24 heavy (non-hydrogen) atoms. The van der Waals surface area contributed by atoms with Crippen LogP contribution in [-0.4, -0.2) is 17.7 Å². The average molecular weight is 338 g/mol. The number of rotatable bonds is 4. The molecule has 128 valence electrons. The lowest BCUT2D eigenvalue weighted by molar-refractivity contribution is -0.137. The second kappa shape index (κ2) is 7.35. The molecule has 0 aliphatic rings. The molecule has 0 aliphatic heterocycles. The zero-order chi connectivity index (χ0) is 17.7. The molecule has 1 atom stereocenters. The maximum Gasteiger partial charge on any atom is 0.416 e. The van der Waals surface area contributed by atoms with Crippen LogP contribution in [0.2, 0.25) is 0 Å². The van der Waals surface area contributed by atoms with E-state index < -0.39 is 23.9 Å². The Morgan fingerprint density at radius 3 is 2.42 bits per heavy atom. The van der Waals surface area contributed by atoms with E-state index in [1.807, 2.05) is 13.0 Å². The van der Waals surface area contributed by atoms with Crippen molar-refractivity contribution in [1.82, 2.24) is 5.32 Å². The molecule has 2 aromatic rings. The maximum atomic E-state index is 12.5. The summed E-state index contributed by atoms with van der Waals surface area (Å²) >= 11 is 0. The molecule has 0 saturated carbocycles. The Labute approximate surface area is 137 Å². The van der Waals surface area contributed by atoms with Crippen LogP contribution < -0.4 is 10.6 Å². The van der Waals surface area contributed by atoms with Crippen LogP contribution in [0.3, 0.4) is 0 Å². The fourth-order valence-electron chi connectivity index (χ4n) is 2.10. The Bertz CT molecular complexity index is 700. The molecule has 7 heteroatoms. The summed E-state index contributed by atoms with van der Waals surface area (Å²) < 4.78 is 37.4. The van der Waals surface area contributed by atoms with E-state index in [9.17, 15) is 23.1 Å². The fraction of sp³-hybridized carbons (Fsp3) is 0.235. The molecule has 0 aromatic heterocycles. The zero-order valence-corrected chi connectivity index (χ0v) is 12.9. The molecule has 0 radical (unpaired) electrons. The fourth-order valence-corrected chi connectivity index (χ4v) is 2.10. The number of aliphatic hydroxyl groups is 1. The first-order valence-corrected chi connectivity index (χ1v) is 7.22. The van der Waals surface area contributed by atoms with Crippen molar-refractivity contribution in [3.8, 4) is 0 Å². The van der Waals surface area contributed by atoms with Gasteiger partial charge in [-0.1, -0.05) is 24.3 Å². The van der Waals surface area contributed by atoms with E-state index in [0.717, 1.165) is 17.7 Å². The number of aliphatic hydroxyl groups excluding tert-OH is 1. The third kappa shape index (κ3) is 4.99. The number of benzene rings is 2. The topological polar surface area (TPSA) is 61.4 Å². The van der Waals surface area contributed by atoms with Crippen molar-refractivity contribution in [2.45, 2.75) is 19.2 Å². The first kappa shape index (κ1) is 17.8. The molecule has 2 amide bonds. The quantitative estimate of drug-likeness (QED) is 0.792. The second-order valence-electron chi connectivity index (χ2n) is 5.34. The molecule has 1 unspecified atom stereocenters. The number of anilines is 1. The first-order chi connectivity index (χ1) is 11.3. The van der Waals surface area contributed by atoms with Gasteiger partial charge in [-0.25, -0.2) is 4.79 Å². The molecule has 2 rings (SSSR count). The molecule has 0 bridgehead atoms. The number of nitrogens with one attached hydrogen (secondary N) is 2. The van der Waals surface area contributed by atoms with Crippen LogP contribution in [0.4, 0.5) is 23.7 Å². The summed E-state index contributed by atoms with van der Waals surface area (Å²) in [5, 5.41) is 15.0. The van der Waals surface area contributed by atoms with Crippen LogP contribution in [0.25, 0.3) is 0 Å². The third-order valence-corrected chi connectivity index (χ3v) is 3.35. The molecule has 0 saturated heterocycles. The standard InChI is InChI=1S/C17H17F3N2O2/c1-11-3-2-4-14(9-11)22-16(24)21-10-15(23)12-5-7-13(8-6-12)17(18,19)20/h2-9,15,23H,10H2,1H3,(H2,21,22,24). The largest absolute Gasteiger partial charge is 0.416 e. The van der Waals surface area contributed by atoms with Gasteiger partial charge >= 0.3 is 12.2 Å². The van der Waals surface area contributed by atoms with E-state index in [0.29, 0.717) is 11.3 Å². The molecular formula is C17H17F3N2O2. The maximum absolute atomic E-state index is 12.5. The van der Waals surface area contributed by atoms with Crippen molar-refractivity contribution in [3.63, 3.8) is 0 Å². The first-order valence-electron chi connectivity index (χ1n) is 7.22. The molecule has 0 aliphatic carbocycles. The van der Waals surface area contributed by atoms with Gasteiger partial charge in [-0.15, -0.1) is 0 Å². The summed E-state index contributed by atoms with van der Waals surface area (Å²) in [6, 6.07) is 10.8. The van der Waals surface area contributed by atoms with Crippen molar-refractivity contribution >= 4 is 11.7 Å². The van der Waals surface area contributed by atoms with Crippen LogP contribution in [-0.2, 0) is 6.18 Å². The number of urea groups is 1. The number of hydrogen-bond donors (Lipinski definition) is 3. The monoisotopic (exact) mass is 338 g/mol. The highest BCUT2D eigenvalue weighted by Gasteiger charge is 2.30. The molecule has 0 spiro atoms. The summed E-state index contributed by atoms with van der Waals surface area (Å²) in [6.45, 7) is 1.76. The SMILES string of the molecule is Cc1cccc(NC(=O)NCC(O)c2ccc(C(F)(F)F)cc2)c1. The van der Waals surface area contributed by atoms with Gasteiger partial charge in [0, 0.05) is 12.2 Å². The van der Waals surface area contributed by atoms with Gasteiger partial charge in [0.05, 0.1) is 11.7 Å². The van der Waals surface area contributed by atoms with E-state index in [1.165, 1.54) is 12.1 Å². The van der Waals surface area contributed by atoms with Crippen molar-refractivity contribution in [2.75, 3.05) is 11.9 Å². The molecule has 4 nitrogen and oxygen atoms in total. The van der Waals surface area contributed by atoms with Gasteiger partial charge in [0.25, 0.3) is 0 Å². The van der Waals surface area contributed by atoms with Crippen LogP contribution in [0, 0.1) is 6.92 Å². The Balaban J connectivity index is 1.88. The van der Waals surface area contributed by atoms with Crippen molar-refractivity contribution in [1.29, 1.82) is 0 Å². The van der Waals surface area contributed by atoms with Crippen LogP contribution >= 0.6 is 0 Å². The summed E-state index contributed by atoms with van der Waals surface area (Å²) in [5.41, 5.74) is 1.09. The second-order valence-corrected chi connectivity index (χ2v) is 5.34. The lowest BCUT2D eigenvalue weighted by Crippen LogP contribution is -2.32. The van der Waals surface area contributed by atoms with Crippen LogP contribution in [0.5, 0.6) is 0 Å². The number of aryl methyl sites for hydroxylation is 1. The van der Waals surface area contributed by atoms with Gasteiger partial charge in [-0.3, -0.25) is 0 Å². The third-order valence-electron chi connectivity index (χ3n) is 3.35. The smallest absolute Gasteiger partial charge is 0.387 e. The van der Waals surface area contributed by atoms with Crippen molar-refractivity contribution in [3.05, 3.63) is 65.2 Å². The van der Waals surface area contributed by atoms with E-state index >= 15 is 0 Å². The highest BCUT2D eigenvalue weighted by Crippen LogP contribution is 2.29. The minimum Gasteiger partial charge on any atom is -0.387 e. The summed E-state index contributed by atoms with van der Waals surface area (Å²) in [7, 11) is 0. The van der Waals surface area contributed by atoms with Gasteiger partial charge in [-0.05, 0) is 42.3 Å². The Morgan fingerprint density at radius 2 is 1.83 bits per heavy atom. The predicted molar refractivity (Wildman–Crippen MR) is 84.6 cm³/mol. The van der Waals surface area contributed by atoms with Gasteiger partial charge in [0.15, 0.2) is 0 Å². The van der Waals surface area contributed by atoms with Gasteiger partial charge in [-0.2, -0.15) is 13.2 Å². The predicted octanol–water partition coefficient (Wildman–Crippen LogP) is 3.87. The molecule has 0 fully saturated rings. The highest BCUT2D eigenvalue weighted by atomic mass is 19.4. The van der Waals surface area contributed by atoms with Gasteiger partial charge < -0.3 is 15.7 Å². The zero-order valence-electron chi connectivity index (χ0n) is 12.9. The Kier molecular flexibility index (Phi) is 5.46. The number of carbonyl (C=O) groups is 1. The number of alkyl halides is 3. The van der Waals surface area contributed by atoms with Gasteiger partial charge in [0.2, 0.25) is 0 Å². The van der Waals surface area contributed by atoms with E-state index in [-0.39, 0.29) is 6.54 Å². The average Bonchev–Trinajstić information content (AvgIpc) is 2.52. The summed E-state index contributed by atoms with van der Waals surface area (Å²) in [6.07, 6.45) is -5.52. The molecule has 0 heterocycles. The minimum atomic E-state index is -4.42. The number of hydrogen-bond acceptors (Lipinski definition) is 2. The highest BCUT2D eigenvalue weighted by molar-refractivity contribution is 5.89.